The first-order valence-corrected chi connectivity index (χ1v) is 17.0. The van der Waals surface area contributed by atoms with E-state index in [1.165, 1.54) is 5.57 Å². The van der Waals surface area contributed by atoms with E-state index in [0.29, 0.717) is 24.3 Å². The van der Waals surface area contributed by atoms with Gasteiger partial charge in [0.2, 0.25) is 5.95 Å². The van der Waals surface area contributed by atoms with Crippen LogP contribution in [0.15, 0.2) is 113 Å². The van der Waals surface area contributed by atoms with Crippen LogP contribution < -0.4 is 10.6 Å². The maximum atomic E-state index is 9.64. The first kappa shape index (κ1) is 36.9. The van der Waals surface area contributed by atoms with Crippen molar-refractivity contribution < 1.29 is 10.2 Å². The Morgan fingerprint density at radius 2 is 1.77 bits per heavy atom. The van der Waals surface area contributed by atoms with Gasteiger partial charge in [-0.25, -0.2) is 4.98 Å². The fourth-order valence-corrected chi connectivity index (χ4v) is 5.49. The molecule has 0 aliphatic heterocycles. The van der Waals surface area contributed by atoms with Crippen LogP contribution in [0.5, 0.6) is 0 Å². The van der Waals surface area contributed by atoms with Crippen molar-refractivity contribution >= 4 is 46.2 Å². The number of aliphatic hydroxyl groups excluding tert-OH is 2. The van der Waals surface area contributed by atoms with Gasteiger partial charge in [0.25, 0.3) is 0 Å². The molecule has 4 N–H and O–H groups in total. The summed E-state index contributed by atoms with van der Waals surface area (Å²) in [5, 5.41) is 26.4. The van der Waals surface area contributed by atoms with Gasteiger partial charge in [0.05, 0.1) is 12.1 Å². The fourth-order valence-electron chi connectivity index (χ4n) is 4.12. The van der Waals surface area contributed by atoms with Gasteiger partial charge < -0.3 is 20.8 Å². The number of anilines is 2. The van der Waals surface area contributed by atoms with Crippen molar-refractivity contribution in [3.8, 4) is 0 Å². The lowest BCUT2D eigenvalue weighted by Crippen LogP contribution is -2.10. The lowest BCUT2D eigenvalue weighted by Gasteiger charge is -2.15. The molecule has 3 aromatic rings. The summed E-state index contributed by atoms with van der Waals surface area (Å²) in [7, 11) is 1.86. The zero-order chi connectivity index (χ0) is 32.2. The molecule has 44 heavy (non-hydrogen) atoms. The predicted octanol–water partition coefficient (Wildman–Crippen LogP) is 8.79. The number of benzene rings is 2. The number of para-hydroxylation sites is 1. The van der Waals surface area contributed by atoms with Crippen LogP contribution in [-0.2, 0) is 6.61 Å². The number of hydrogen-bond acceptors (Lipinski definition) is 8. The summed E-state index contributed by atoms with van der Waals surface area (Å²) < 4.78 is 0. The summed E-state index contributed by atoms with van der Waals surface area (Å²) in [5.74, 6) is 1.36. The van der Waals surface area contributed by atoms with E-state index >= 15 is 0 Å². The molecule has 236 valence electrons. The zero-order valence-electron chi connectivity index (χ0n) is 26.7. The van der Waals surface area contributed by atoms with Crippen molar-refractivity contribution in [2.24, 2.45) is 0 Å². The van der Waals surface area contributed by atoms with Crippen LogP contribution in [0.1, 0.15) is 45.6 Å². The number of aromatic nitrogens is 2. The molecule has 3 rings (SSSR count). The third-order valence-corrected chi connectivity index (χ3v) is 8.91. The lowest BCUT2D eigenvalue weighted by atomic mass is 10.1. The highest BCUT2D eigenvalue weighted by molar-refractivity contribution is 8.03. The molecule has 0 bridgehead atoms. The minimum Gasteiger partial charge on any atom is -0.396 e. The average Bonchev–Trinajstić information content (AvgIpc) is 3.06. The number of allylic oxidation sites excluding steroid dienone is 6. The number of unbranched alkanes of at least 4 members (excludes halogenated alkanes) is 1. The Balaban J connectivity index is 0.000000408. The Hall–Kier alpha value is -3.30. The Kier molecular flexibility index (Phi) is 17.9. The summed E-state index contributed by atoms with van der Waals surface area (Å²) in [5.41, 5.74) is 4.25. The molecule has 0 aliphatic carbocycles. The van der Waals surface area contributed by atoms with Crippen LogP contribution >= 0.6 is 23.5 Å². The minimum absolute atomic E-state index is 0.00564. The number of aliphatic hydroxyl groups is 2. The van der Waals surface area contributed by atoms with E-state index in [4.69, 9.17) is 5.11 Å². The summed E-state index contributed by atoms with van der Waals surface area (Å²) in [6.45, 7) is 11.0. The third kappa shape index (κ3) is 12.4. The summed E-state index contributed by atoms with van der Waals surface area (Å²) >= 11 is 3.46. The van der Waals surface area contributed by atoms with E-state index in [-0.39, 0.29) is 6.61 Å². The molecule has 1 aromatic heterocycles. The van der Waals surface area contributed by atoms with E-state index in [2.05, 4.69) is 71.6 Å². The number of nitrogens with zero attached hydrogens (tertiary/aromatic N) is 2. The maximum absolute atomic E-state index is 9.64. The molecule has 2 aromatic carbocycles. The molecule has 0 fully saturated rings. The maximum Gasteiger partial charge on any atom is 0.225 e. The van der Waals surface area contributed by atoms with Gasteiger partial charge in [-0.2, -0.15) is 16.7 Å². The van der Waals surface area contributed by atoms with Crippen LogP contribution in [-0.4, -0.2) is 51.9 Å². The monoisotopic (exact) mass is 632 g/mol. The quantitative estimate of drug-likeness (QED) is 0.0708. The van der Waals surface area contributed by atoms with Gasteiger partial charge in [0.1, 0.15) is 5.82 Å². The van der Waals surface area contributed by atoms with Crippen molar-refractivity contribution in [3.05, 3.63) is 113 Å². The predicted molar refractivity (Wildman–Crippen MR) is 195 cm³/mol. The number of rotatable bonds is 16. The molecule has 1 unspecified atom stereocenters. The van der Waals surface area contributed by atoms with Crippen LogP contribution in [0.2, 0.25) is 0 Å². The Labute approximate surface area is 272 Å². The van der Waals surface area contributed by atoms with E-state index in [9.17, 15) is 5.11 Å². The van der Waals surface area contributed by atoms with Crippen LogP contribution in [0.3, 0.4) is 0 Å². The molecule has 6 nitrogen and oxygen atoms in total. The largest absolute Gasteiger partial charge is 0.396 e. The number of hydrogen-bond donors (Lipinski definition) is 4. The highest BCUT2D eigenvalue weighted by Gasteiger charge is 2.11. The molecule has 0 saturated carbocycles. The van der Waals surface area contributed by atoms with Crippen LogP contribution in [0.25, 0.3) is 10.9 Å². The molecule has 0 saturated heterocycles. The Morgan fingerprint density at radius 3 is 2.43 bits per heavy atom. The Bertz CT molecular complexity index is 1430. The van der Waals surface area contributed by atoms with Gasteiger partial charge in [-0.1, -0.05) is 84.6 Å². The van der Waals surface area contributed by atoms with Crippen molar-refractivity contribution in [2.75, 3.05) is 37.1 Å². The molecular weight excluding hydrogens is 585 g/mol. The average molecular weight is 633 g/mol. The van der Waals surface area contributed by atoms with Crippen molar-refractivity contribution in [3.63, 3.8) is 0 Å². The van der Waals surface area contributed by atoms with E-state index in [0.717, 1.165) is 56.9 Å². The lowest BCUT2D eigenvalue weighted by molar-refractivity contribution is 0.279. The second kappa shape index (κ2) is 21.4. The Morgan fingerprint density at radius 1 is 1.02 bits per heavy atom. The first-order valence-electron chi connectivity index (χ1n) is 14.9. The van der Waals surface area contributed by atoms with Gasteiger partial charge in [0, 0.05) is 40.6 Å². The van der Waals surface area contributed by atoms with Crippen molar-refractivity contribution in [1.82, 2.24) is 9.97 Å². The molecule has 0 radical (unpaired) electrons. The highest BCUT2D eigenvalue weighted by atomic mass is 32.2. The first-order chi connectivity index (χ1) is 21.4. The molecule has 1 atom stereocenters. The zero-order valence-corrected chi connectivity index (χ0v) is 28.3. The molecule has 0 spiro atoms. The van der Waals surface area contributed by atoms with Gasteiger partial charge >= 0.3 is 0 Å². The van der Waals surface area contributed by atoms with Gasteiger partial charge in [-0.15, -0.1) is 0 Å². The number of fused-ring (bicyclic) bond motifs is 1. The standard InChI is InChI=1S/C24H26N4OS.C12H22OS/c1-4-10-21(30-22-14-9-6-11-18(22)16-29)17(5-2)15-26-24-27-20-13-8-7-12-19(20)23(25-3)28-24;1-4-12(7-5-6-10-13)9-8-11(2)14-3/h4-14,29H,1,15-16H2,2-3H3,(H2,25,26,27,28);4,8-9,11,13H,5-7,10H2,1-3H3/b17-5-,21-10+;9-8-,12-4-. The SMILES string of the molecule is C/C=C(\C=C/C(C)SC)CCCCO.C=C/C=C(Sc1ccccc1CO)\C(=C/C)CNc1nc(NC)c2ccccc2n1. The van der Waals surface area contributed by atoms with Crippen LogP contribution in [0, 0.1) is 0 Å². The number of thioether (sulfide) groups is 2. The molecule has 0 amide bonds. The van der Waals surface area contributed by atoms with E-state index in [1.807, 2.05) is 80.3 Å². The van der Waals surface area contributed by atoms with E-state index < -0.39 is 0 Å². The number of nitrogens with one attached hydrogen (secondary N) is 2. The summed E-state index contributed by atoms with van der Waals surface area (Å²) in [6.07, 6.45) is 17.6. The summed E-state index contributed by atoms with van der Waals surface area (Å²) in [6, 6.07) is 15.8. The highest BCUT2D eigenvalue weighted by Crippen LogP contribution is 2.34. The third-order valence-electron chi connectivity index (χ3n) is 6.77. The van der Waals surface area contributed by atoms with Crippen LogP contribution in [0.4, 0.5) is 11.8 Å². The smallest absolute Gasteiger partial charge is 0.225 e. The van der Waals surface area contributed by atoms with Crippen molar-refractivity contribution in [1.29, 1.82) is 0 Å². The van der Waals surface area contributed by atoms with E-state index in [1.54, 1.807) is 17.8 Å². The molecule has 1 heterocycles. The summed E-state index contributed by atoms with van der Waals surface area (Å²) in [4.78, 5) is 11.3. The minimum atomic E-state index is 0.00564. The molecule has 8 heteroatoms. The van der Waals surface area contributed by atoms with Crippen molar-refractivity contribution in [2.45, 2.75) is 56.8 Å². The van der Waals surface area contributed by atoms with Gasteiger partial charge in [-0.05, 0) is 81.7 Å². The second-order valence-electron chi connectivity index (χ2n) is 9.81. The normalized spacial score (nSPS) is 13.0. The van der Waals surface area contributed by atoms with Gasteiger partial charge in [0.15, 0.2) is 0 Å². The molecule has 0 aliphatic rings. The topological polar surface area (TPSA) is 90.3 Å². The van der Waals surface area contributed by atoms with Gasteiger partial charge in [-0.3, -0.25) is 0 Å². The fraction of sp³-hybridized carbons (Fsp3) is 0.333. The molecular formula is C36H48N4O2S2. The second-order valence-corrected chi connectivity index (χ2v) is 12.1.